The van der Waals surface area contributed by atoms with Crippen molar-refractivity contribution in [1.82, 2.24) is 20.2 Å². The van der Waals surface area contributed by atoms with Crippen LogP contribution in [-0.2, 0) is 0 Å². The van der Waals surface area contributed by atoms with Crippen LogP contribution in [0.2, 0.25) is 0 Å². The lowest BCUT2D eigenvalue weighted by atomic mass is 10.3. The summed E-state index contributed by atoms with van der Waals surface area (Å²) >= 11 is 3.40. The second-order valence-corrected chi connectivity index (χ2v) is 5.32. The summed E-state index contributed by atoms with van der Waals surface area (Å²) in [5, 5.41) is 11.1. The highest BCUT2D eigenvalue weighted by atomic mass is 79.9. The van der Waals surface area contributed by atoms with Gasteiger partial charge in [-0.15, -0.1) is 5.10 Å². The van der Waals surface area contributed by atoms with Gasteiger partial charge in [0.25, 0.3) is 0 Å². The molecule has 0 fully saturated rings. The summed E-state index contributed by atoms with van der Waals surface area (Å²) in [6, 6.07) is 15.2. The molecule has 3 rings (SSSR count). The Morgan fingerprint density at radius 3 is 2.36 bits per heavy atom. The number of aromatic nitrogens is 4. The molecule has 2 aromatic carbocycles. The largest absolute Gasteiger partial charge is 0.490 e. The molecular formula is C15H13BrN4O2. The van der Waals surface area contributed by atoms with Crippen LogP contribution in [0.1, 0.15) is 0 Å². The van der Waals surface area contributed by atoms with Crippen LogP contribution in [0.3, 0.4) is 0 Å². The molecule has 6 nitrogen and oxygen atoms in total. The van der Waals surface area contributed by atoms with Gasteiger partial charge in [-0.3, -0.25) is 0 Å². The predicted molar refractivity (Wildman–Crippen MR) is 84.3 cm³/mol. The van der Waals surface area contributed by atoms with E-state index >= 15 is 0 Å². The molecule has 0 radical (unpaired) electrons. The monoisotopic (exact) mass is 360 g/mol. The first-order valence-electron chi connectivity index (χ1n) is 6.66. The number of tetrazole rings is 1. The van der Waals surface area contributed by atoms with Crippen molar-refractivity contribution >= 4 is 15.9 Å². The number of hydrogen-bond donors (Lipinski definition) is 0. The van der Waals surface area contributed by atoms with E-state index in [-0.39, 0.29) is 0 Å². The summed E-state index contributed by atoms with van der Waals surface area (Å²) < 4.78 is 13.9. The maximum absolute atomic E-state index is 5.68. The Morgan fingerprint density at radius 1 is 0.955 bits per heavy atom. The minimum atomic E-state index is 0.450. The first-order chi connectivity index (χ1) is 10.8. The van der Waals surface area contributed by atoms with Gasteiger partial charge >= 0.3 is 0 Å². The molecule has 0 aliphatic rings. The van der Waals surface area contributed by atoms with Gasteiger partial charge in [0.05, 0.1) is 5.69 Å². The van der Waals surface area contributed by atoms with Crippen molar-refractivity contribution < 1.29 is 9.47 Å². The van der Waals surface area contributed by atoms with Gasteiger partial charge in [-0.05, 0) is 40.8 Å². The summed E-state index contributed by atoms with van der Waals surface area (Å²) in [5.41, 5.74) is 0.843. The number of benzene rings is 2. The Morgan fingerprint density at radius 2 is 1.68 bits per heavy atom. The van der Waals surface area contributed by atoms with Crippen LogP contribution < -0.4 is 9.47 Å². The lowest BCUT2D eigenvalue weighted by Crippen LogP contribution is -2.09. The van der Waals surface area contributed by atoms with Crippen molar-refractivity contribution in [3.63, 3.8) is 0 Å². The van der Waals surface area contributed by atoms with Gasteiger partial charge in [0.2, 0.25) is 0 Å². The molecule has 22 heavy (non-hydrogen) atoms. The zero-order valence-electron chi connectivity index (χ0n) is 11.6. The Labute approximate surface area is 135 Å². The molecule has 112 valence electrons. The molecule has 0 bridgehead atoms. The fourth-order valence-corrected chi connectivity index (χ4v) is 2.25. The third kappa shape index (κ3) is 3.82. The first-order valence-corrected chi connectivity index (χ1v) is 7.45. The normalized spacial score (nSPS) is 10.4. The van der Waals surface area contributed by atoms with Crippen molar-refractivity contribution in [1.29, 1.82) is 0 Å². The molecule has 7 heteroatoms. The van der Waals surface area contributed by atoms with Crippen LogP contribution in [0, 0.1) is 0 Å². The molecule has 0 saturated carbocycles. The summed E-state index contributed by atoms with van der Waals surface area (Å²) in [6.45, 7) is 0.914. The smallest absolute Gasteiger partial charge is 0.143 e. The number of ether oxygens (including phenoxy) is 2. The summed E-state index contributed by atoms with van der Waals surface area (Å²) in [5.74, 6) is 1.55. The fourth-order valence-electron chi connectivity index (χ4n) is 1.87. The standard InChI is InChI=1S/C15H13BrN4O2/c16-12-3-1-5-14(9-12)21-7-8-22-15-6-2-4-13(10-15)20-11-17-18-19-20/h1-6,9-11H,7-8H2. The summed E-state index contributed by atoms with van der Waals surface area (Å²) in [4.78, 5) is 0. The van der Waals surface area contributed by atoms with E-state index in [0.717, 1.165) is 21.7 Å². The van der Waals surface area contributed by atoms with Crippen LogP contribution in [0.4, 0.5) is 0 Å². The first kappa shape index (κ1) is 14.5. The Bertz CT molecular complexity index is 734. The second kappa shape index (κ2) is 7.04. The van der Waals surface area contributed by atoms with E-state index in [0.29, 0.717) is 13.2 Å². The third-order valence-electron chi connectivity index (χ3n) is 2.85. The lowest BCUT2D eigenvalue weighted by molar-refractivity contribution is 0.217. The molecule has 0 aliphatic heterocycles. The molecule has 0 saturated heterocycles. The van der Waals surface area contributed by atoms with E-state index in [1.54, 1.807) is 4.68 Å². The molecule has 0 spiro atoms. The Hall–Kier alpha value is -2.41. The summed E-state index contributed by atoms with van der Waals surface area (Å²) in [7, 11) is 0. The van der Waals surface area contributed by atoms with E-state index in [4.69, 9.17) is 9.47 Å². The molecule has 3 aromatic rings. The lowest BCUT2D eigenvalue weighted by Gasteiger charge is -2.09. The highest BCUT2D eigenvalue weighted by Gasteiger charge is 2.01. The number of halogens is 1. The van der Waals surface area contributed by atoms with Gasteiger partial charge in [-0.1, -0.05) is 28.1 Å². The van der Waals surface area contributed by atoms with E-state index in [9.17, 15) is 0 Å². The molecule has 0 N–H and O–H groups in total. The van der Waals surface area contributed by atoms with Crippen molar-refractivity contribution in [2.24, 2.45) is 0 Å². The van der Waals surface area contributed by atoms with Crippen LogP contribution in [0.25, 0.3) is 5.69 Å². The van der Waals surface area contributed by atoms with Gasteiger partial charge in [0, 0.05) is 10.5 Å². The van der Waals surface area contributed by atoms with Crippen LogP contribution in [-0.4, -0.2) is 33.4 Å². The third-order valence-corrected chi connectivity index (χ3v) is 3.34. The molecule has 0 unspecified atom stereocenters. The second-order valence-electron chi connectivity index (χ2n) is 4.41. The SMILES string of the molecule is Brc1cccc(OCCOc2cccc(-n3cnnn3)c2)c1. The highest BCUT2D eigenvalue weighted by molar-refractivity contribution is 9.10. The molecule has 1 aromatic heterocycles. The molecule has 0 aliphatic carbocycles. The number of hydrogen-bond acceptors (Lipinski definition) is 5. The van der Waals surface area contributed by atoms with Crippen molar-refractivity contribution in [3.8, 4) is 17.2 Å². The minimum absolute atomic E-state index is 0.450. The van der Waals surface area contributed by atoms with Gasteiger partial charge in [-0.2, -0.15) is 0 Å². The van der Waals surface area contributed by atoms with Crippen LogP contribution in [0.15, 0.2) is 59.3 Å². The quantitative estimate of drug-likeness (QED) is 0.632. The average molecular weight is 361 g/mol. The molecule has 0 amide bonds. The maximum atomic E-state index is 5.68. The van der Waals surface area contributed by atoms with Crippen molar-refractivity contribution in [2.75, 3.05) is 13.2 Å². The zero-order chi connectivity index (χ0) is 15.2. The van der Waals surface area contributed by atoms with Gasteiger partial charge < -0.3 is 9.47 Å². The maximum Gasteiger partial charge on any atom is 0.143 e. The minimum Gasteiger partial charge on any atom is -0.490 e. The number of nitrogens with zero attached hydrogens (tertiary/aromatic N) is 4. The fraction of sp³-hybridized carbons (Fsp3) is 0.133. The molecule has 0 atom stereocenters. The van der Waals surface area contributed by atoms with E-state index in [1.807, 2.05) is 48.5 Å². The molecular weight excluding hydrogens is 348 g/mol. The van der Waals surface area contributed by atoms with Crippen LogP contribution >= 0.6 is 15.9 Å². The van der Waals surface area contributed by atoms with E-state index in [1.165, 1.54) is 6.33 Å². The molecule has 1 heterocycles. The predicted octanol–water partition coefficient (Wildman–Crippen LogP) is 2.88. The van der Waals surface area contributed by atoms with Gasteiger partial charge in [0.15, 0.2) is 0 Å². The van der Waals surface area contributed by atoms with Gasteiger partial charge in [-0.25, -0.2) is 4.68 Å². The number of rotatable bonds is 6. The van der Waals surface area contributed by atoms with E-state index in [2.05, 4.69) is 31.5 Å². The summed E-state index contributed by atoms with van der Waals surface area (Å²) in [6.07, 6.45) is 1.54. The van der Waals surface area contributed by atoms with Crippen molar-refractivity contribution in [3.05, 3.63) is 59.3 Å². The highest BCUT2D eigenvalue weighted by Crippen LogP contribution is 2.18. The zero-order valence-corrected chi connectivity index (χ0v) is 13.2. The van der Waals surface area contributed by atoms with Crippen molar-refractivity contribution in [2.45, 2.75) is 0 Å². The average Bonchev–Trinajstić information content (AvgIpc) is 3.06. The Balaban J connectivity index is 1.53. The van der Waals surface area contributed by atoms with E-state index < -0.39 is 0 Å². The van der Waals surface area contributed by atoms with Crippen LogP contribution in [0.5, 0.6) is 11.5 Å². The van der Waals surface area contributed by atoms with Gasteiger partial charge in [0.1, 0.15) is 31.0 Å². The topological polar surface area (TPSA) is 62.1 Å². The Kier molecular flexibility index (Phi) is 4.65.